The first kappa shape index (κ1) is 13.9. The van der Waals surface area contributed by atoms with E-state index < -0.39 is 0 Å². The third-order valence-corrected chi connectivity index (χ3v) is 3.70. The smallest absolute Gasteiger partial charge is 0.273 e. The summed E-state index contributed by atoms with van der Waals surface area (Å²) in [5, 5.41) is 1.84. The molecule has 1 saturated carbocycles. The Kier molecular flexibility index (Phi) is 4.42. The van der Waals surface area contributed by atoms with Crippen molar-refractivity contribution in [3.8, 4) is 0 Å². The minimum Gasteiger partial charge on any atom is -0.469 e. The number of carbonyl (C=O) groups excluding carboxylic acids is 1. The number of hydrazine groups is 1. The number of furan rings is 1. The van der Waals surface area contributed by atoms with E-state index in [4.69, 9.17) is 22.4 Å². The Morgan fingerprint density at radius 3 is 2.68 bits per heavy atom. The van der Waals surface area contributed by atoms with Crippen molar-refractivity contribution in [2.45, 2.75) is 45.1 Å². The summed E-state index contributed by atoms with van der Waals surface area (Å²) in [5.41, 5.74) is 9.04. The highest BCUT2D eigenvalue weighted by Gasteiger charge is 2.25. The van der Waals surface area contributed by atoms with E-state index in [2.05, 4.69) is 5.43 Å². The Hall–Kier alpha value is -1.56. The van der Waals surface area contributed by atoms with E-state index in [1.807, 2.05) is 0 Å². The van der Waals surface area contributed by atoms with E-state index in [-0.39, 0.29) is 17.1 Å². The zero-order valence-corrected chi connectivity index (χ0v) is 11.8. The van der Waals surface area contributed by atoms with Gasteiger partial charge in [0.2, 0.25) is 0 Å². The van der Waals surface area contributed by atoms with Crippen molar-refractivity contribution in [3.63, 3.8) is 0 Å². The normalized spacial score (nSPS) is 16.1. The van der Waals surface area contributed by atoms with Gasteiger partial charge in [0.05, 0.1) is 17.9 Å². The standard InChI is InChI=1S/C13H19N3O2S/c1-9-11(7-8-18-9)12(17)15-16(13(14)19)10-5-3-2-4-6-10/h7-8,10H,2-6H2,1H3,(H2,14,19)(H,15,17). The highest BCUT2D eigenvalue weighted by Crippen LogP contribution is 2.21. The van der Waals surface area contributed by atoms with Crippen molar-refractivity contribution in [1.82, 2.24) is 10.4 Å². The number of aryl methyl sites for hydroxylation is 1. The number of amides is 1. The lowest BCUT2D eigenvalue weighted by molar-refractivity contribution is 0.0807. The molecule has 104 valence electrons. The van der Waals surface area contributed by atoms with Gasteiger partial charge in [-0.05, 0) is 38.0 Å². The topological polar surface area (TPSA) is 71.5 Å². The number of nitrogens with one attached hydrogen (secondary N) is 1. The molecule has 1 aliphatic carbocycles. The van der Waals surface area contributed by atoms with Crippen LogP contribution >= 0.6 is 12.2 Å². The van der Waals surface area contributed by atoms with Gasteiger partial charge in [0.1, 0.15) is 5.76 Å². The van der Waals surface area contributed by atoms with Gasteiger partial charge in [0.15, 0.2) is 5.11 Å². The van der Waals surface area contributed by atoms with Crippen LogP contribution in [0.5, 0.6) is 0 Å². The molecule has 0 radical (unpaired) electrons. The van der Waals surface area contributed by atoms with Gasteiger partial charge in [-0.3, -0.25) is 15.2 Å². The molecule has 6 heteroatoms. The van der Waals surface area contributed by atoms with Crippen LogP contribution in [0, 0.1) is 6.92 Å². The van der Waals surface area contributed by atoms with Gasteiger partial charge < -0.3 is 10.2 Å². The Morgan fingerprint density at radius 1 is 1.47 bits per heavy atom. The first-order valence-corrected chi connectivity index (χ1v) is 6.94. The lowest BCUT2D eigenvalue weighted by Gasteiger charge is -2.34. The fraction of sp³-hybridized carbons (Fsp3) is 0.538. The van der Waals surface area contributed by atoms with Gasteiger partial charge in [-0.25, -0.2) is 0 Å². The summed E-state index contributed by atoms with van der Waals surface area (Å²) >= 11 is 5.04. The number of thiocarbonyl (C=S) groups is 1. The molecule has 0 atom stereocenters. The monoisotopic (exact) mass is 281 g/mol. The Morgan fingerprint density at radius 2 is 2.16 bits per heavy atom. The van der Waals surface area contributed by atoms with Crippen molar-refractivity contribution < 1.29 is 9.21 Å². The van der Waals surface area contributed by atoms with Crippen molar-refractivity contribution >= 4 is 23.2 Å². The quantitative estimate of drug-likeness (QED) is 0.641. The maximum Gasteiger partial charge on any atom is 0.273 e. The number of rotatable bonds is 2. The lowest BCUT2D eigenvalue weighted by Crippen LogP contribution is -2.54. The number of carbonyl (C=O) groups is 1. The van der Waals surface area contributed by atoms with Gasteiger partial charge in [-0.1, -0.05) is 19.3 Å². The molecule has 0 saturated heterocycles. The SMILES string of the molecule is Cc1occc1C(=O)NN(C(N)=S)C1CCCCC1. The van der Waals surface area contributed by atoms with Gasteiger partial charge >= 0.3 is 0 Å². The number of nitrogens with two attached hydrogens (primary N) is 1. The molecule has 1 fully saturated rings. The van der Waals surface area contributed by atoms with Crippen molar-refractivity contribution in [2.24, 2.45) is 5.73 Å². The average Bonchev–Trinajstić information content (AvgIpc) is 2.82. The van der Waals surface area contributed by atoms with E-state index in [9.17, 15) is 4.79 Å². The first-order chi connectivity index (χ1) is 9.09. The highest BCUT2D eigenvalue weighted by atomic mass is 32.1. The average molecular weight is 281 g/mol. The van der Waals surface area contributed by atoms with Crippen LogP contribution in [0.25, 0.3) is 0 Å². The second kappa shape index (κ2) is 6.06. The molecule has 0 aliphatic heterocycles. The Labute approximate surface area is 118 Å². The van der Waals surface area contributed by atoms with Crippen LogP contribution in [-0.4, -0.2) is 22.1 Å². The first-order valence-electron chi connectivity index (χ1n) is 6.53. The Balaban J connectivity index is 2.06. The molecular formula is C13H19N3O2S. The summed E-state index contributed by atoms with van der Waals surface area (Å²) in [6, 6.07) is 1.84. The second-order valence-corrected chi connectivity index (χ2v) is 5.25. The summed E-state index contributed by atoms with van der Waals surface area (Å²) in [7, 11) is 0. The molecule has 0 unspecified atom stereocenters. The third-order valence-electron chi connectivity index (χ3n) is 3.50. The van der Waals surface area contributed by atoms with Crippen LogP contribution in [0.15, 0.2) is 16.7 Å². The zero-order valence-electron chi connectivity index (χ0n) is 11.0. The second-order valence-electron chi connectivity index (χ2n) is 4.83. The van der Waals surface area contributed by atoms with Crippen LogP contribution in [-0.2, 0) is 0 Å². The van der Waals surface area contributed by atoms with Crippen LogP contribution < -0.4 is 11.2 Å². The molecule has 0 bridgehead atoms. The molecule has 2 rings (SSSR count). The summed E-state index contributed by atoms with van der Waals surface area (Å²) in [4.78, 5) is 12.2. The summed E-state index contributed by atoms with van der Waals surface area (Å²) in [5.74, 6) is 0.355. The van der Waals surface area contributed by atoms with Crippen LogP contribution in [0.3, 0.4) is 0 Å². The minimum absolute atomic E-state index is 0.197. The predicted octanol–water partition coefficient (Wildman–Crippen LogP) is 2.11. The van der Waals surface area contributed by atoms with Gasteiger partial charge in [0, 0.05) is 0 Å². The number of nitrogens with zero attached hydrogens (tertiary/aromatic N) is 1. The highest BCUT2D eigenvalue weighted by molar-refractivity contribution is 7.80. The van der Waals surface area contributed by atoms with Crippen molar-refractivity contribution in [3.05, 3.63) is 23.7 Å². The largest absolute Gasteiger partial charge is 0.469 e. The molecule has 1 aromatic heterocycles. The molecule has 1 amide bonds. The molecule has 0 spiro atoms. The molecule has 1 heterocycles. The molecule has 1 aliphatic rings. The summed E-state index contributed by atoms with van der Waals surface area (Å²) in [6.45, 7) is 1.75. The fourth-order valence-electron chi connectivity index (χ4n) is 2.46. The summed E-state index contributed by atoms with van der Waals surface area (Å²) in [6.07, 6.45) is 7.02. The number of hydrogen-bond acceptors (Lipinski definition) is 3. The fourth-order valence-corrected chi connectivity index (χ4v) is 2.65. The van der Waals surface area contributed by atoms with E-state index in [0.29, 0.717) is 11.3 Å². The van der Waals surface area contributed by atoms with Gasteiger partial charge in [-0.2, -0.15) is 0 Å². The summed E-state index contributed by atoms with van der Waals surface area (Å²) < 4.78 is 5.13. The molecular weight excluding hydrogens is 262 g/mol. The maximum atomic E-state index is 12.2. The van der Waals surface area contributed by atoms with Crippen molar-refractivity contribution in [2.75, 3.05) is 0 Å². The lowest BCUT2D eigenvalue weighted by atomic mass is 9.95. The van der Waals surface area contributed by atoms with E-state index in [0.717, 1.165) is 25.7 Å². The van der Waals surface area contributed by atoms with E-state index in [1.165, 1.54) is 12.7 Å². The van der Waals surface area contributed by atoms with Gasteiger partial charge in [-0.15, -0.1) is 0 Å². The van der Waals surface area contributed by atoms with E-state index in [1.54, 1.807) is 18.0 Å². The van der Waals surface area contributed by atoms with Crippen LogP contribution in [0.4, 0.5) is 0 Å². The molecule has 3 N–H and O–H groups in total. The predicted molar refractivity (Wildman–Crippen MR) is 76.4 cm³/mol. The maximum absolute atomic E-state index is 12.2. The molecule has 19 heavy (non-hydrogen) atoms. The van der Waals surface area contributed by atoms with Gasteiger partial charge in [0.25, 0.3) is 5.91 Å². The van der Waals surface area contributed by atoms with E-state index >= 15 is 0 Å². The molecule has 0 aromatic carbocycles. The third kappa shape index (κ3) is 3.26. The molecule has 5 nitrogen and oxygen atoms in total. The van der Waals surface area contributed by atoms with Crippen LogP contribution in [0.1, 0.15) is 48.2 Å². The minimum atomic E-state index is -0.232. The zero-order chi connectivity index (χ0) is 13.8. The molecule has 1 aromatic rings. The van der Waals surface area contributed by atoms with Crippen molar-refractivity contribution in [1.29, 1.82) is 0 Å². The van der Waals surface area contributed by atoms with Crippen LogP contribution in [0.2, 0.25) is 0 Å². The number of hydrogen-bond donors (Lipinski definition) is 2. The Bertz CT molecular complexity index is 466.